The minimum atomic E-state index is -0.442. The zero-order chi connectivity index (χ0) is 13.1. The van der Waals surface area contributed by atoms with E-state index in [0.29, 0.717) is 6.54 Å². The van der Waals surface area contributed by atoms with Gasteiger partial charge in [0.15, 0.2) is 0 Å². The summed E-state index contributed by atoms with van der Waals surface area (Å²) >= 11 is 3.36. The Morgan fingerprint density at radius 1 is 1.59 bits per heavy atom. The molecule has 4 nitrogen and oxygen atoms in total. The second kappa shape index (κ2) is 5.69. The molecule has 17 heavy (non-hydrogen) atoms. The maximum atomic E-state index is 11.7. The normalized spacial score (nSPS) is 13.5. The van der Waals surface area contributed by atoms with E-state index in [1.807, 2.05) is 33.0 Å². The summed E-state index contributed by atoms with van der Waals surface area (Å²) in [5.74, 6) is -0.233. The van der Waals surface area contributed by atoms with E-state index in [1.165, 1.54) is 0 Å². The largest absolute Gasteiger partial charge is 0.459 e. The molecule has 5 heteroatoms. The summed E-state index contributed by atoms with van der Waals surface area (Å²) in [7, 11) is 0. The second-order valence-corrected chi connectivity index (χ2v) is 5.89. The summed E-state index contributed by atoms with van der Waals surface area (Å²) in [6, 6.07) is 1.64. The number of esters is 1. The second-order valence-electron chi connectivity index (χ2n) is 4.98. The monoisotopic (exact) mass is 302 g/mol. The van der Waals surface area contributed by atoms with Crippen molar-refractivity contribution in [3.63, 3.8) is 0 Å². The Kier molecular flexibility index (Phi) is 4.77. The molecule has 0 aromatic carbocycles. The zero-order valence-electron chi connectivity index (χ0n) is 10.6. The van der Waals surface area contributed by atoms with Crippen molar-refractivity contribution < 1.29 is 9.53 Å². The number of halogens is 1. The summed E-state index contributed by atoms with van der Waals surface area (Å²) in [6.07, 6.45) is 1.86. The van der Waals surface area contributed by atoms with Crippen LogP contribution in [0.5, 0.6) is 0 Å². The molecular weight excluding hydrogens is 284 g/mol. The molecule has 1 aromatic heterocycles. The minimum absolute atomic E-state index is 0.233. The molecule has 1 heterocycles. The Morgan fingerprint density at radius 3 is 2.71 bits per heavy atom. The number of carbonyl (C=O) groups is 1. The highest BCUT2D eigenvalue weighted by atomic mass is 79.9. The smallest absolute Gasteiger partial charge is 0.323 e. The van der Waals surface area contributed by atoms with Gasteiger partial charge in [0.05, 0.1) is 0 Å². The molecule has 0 fully saturated rings. The van der Waals surface area contributed by atoms with Gasteiger partial charge in [-0.15, -0.1) is 0 Å². The van der Waals surface area contributed by atoms with Crippen molar-refractivity contribution >= 4 is 21.9 Å². The van der Waals surface area contributed by atoms with Crippen LogP contribution in [0.2, 0.25) is 0 Å². The summed E-state index contributed by atoms with van der Waals surface area (Å²) < 4.78 is 6.27. The molecule has 1 atom stereocenters. The number of aromatic nitrogens is 1. The average Bonchev–Trinajstić information content (AvgIpc) is 2.58. The molecule has 0 amide bonds. The van der Waals surface area contributed by atoms with Gasteiger partial charge >= 0.3 is 5.97 Å². The summed E-state index contributed by atoms with van der Waals surface area (Å²) in [6.45, 7) is 7.98. The maximum absolute atomic E-state index is 11.7. The van der Waals surface area contributed by atoms with Gasteiger partial charge in [0.2, 0.25) is 0 Å². The average molecular weight is 303 g/mol. The molecule has 0 radical (unpaired) electrons. The van der Waals surface area contributed by atoms with Crippen LogP contribution in [0.15, 0.2) is 16.7 Å². The molecule has 0 aliphatic rings. The van der Waals surface area contributed by atoms with Crippen LogP contribution >= 0.6 is 15.9 Å². The highest BCUT2D eigenvalue weighted by Crippen LogP contribution is 2.11. The van der Waals surface area contributed by atoms with Crippen LogP contribution in [0.3, 0.4) is 0 Å². The molecule has 1 aromatic rings. The van der Waals surface area contributed by atoms with Gasteiger partial charge in [-0.25, -0.2) is 0 Å². The lowest BCUT2D eigenvalue weighted by atomic mass is 10.2. The summed E-state index contributed by atoms with van der Waals surface area (Å²) in [5, 5.41) is 3.11. The number of nitrogens with one attached hydrogen (secondary N) is 2. The third-order valence-corrected chi connectivity index (χ3v) is 2.52. The van der Waals surface area contributed by atoms with E-state index in [0.717, 1.165) is 10.2 Å². The Balaban J connectivity index is 2.39. The van der Waals surface area contributed by atoms with Crippen LogP contribution in [0.25, 0.3) is 0 Å². The van der Waals surface area contributed by atoms with Crippen LogP contribution in [0.1, 0.15) is 33.4 Å². The Bertz CT molecular complexity index is 382. The Hall–Kier alpha value is -0.810. The van der Waals surface area contributed by atoms with Crippen molar-refractivity contribution in [3.8, 4) is 0 Å². The van der Waals surface area contributed by atoms with Crippen LogP contribution in [0.4, 0.5) is 0 Å². The van der Waals surface area contributed by atoms with E-state index in [-0.39, 0.29) is 12.0 Å². The number of carbonyl (C=O) groups excluding carboxylic acids is 1. The third-order valence-electron chi connectivity index (χ3n) is 2.07. The lowest BCUT2D eigenvalue weighted by molar-refractivity contribution is -0.157. The Morgan fingerprint density at radius 2 is 2.24 bits per heavy atom. The molecule has 0 saturated carbocycles. The van der Waals surface area contributed by atoms with Gasteiger partial charge < -0.3 is 9.72 Å². The SMILES string of the molecule is C[C@@H](NCc1cc(Br)c[nH]1)C(=O)OC(C)(C)C. The van der Waals surface area contributed by atoms with Crippen LogP contribution < -0.4 is 5.32 Å². The predicted octanol–water partition coefficient (Wildman–Crippen LogP) is 2.60. The first-order valence-electron chi connectivity index (χ1n) is 5.57. The van der Waals surface area contributed by atoms with Crippen molar-refractivity contribution in [1.29, 1.82) is 0 Å². The van der Waals surface area contributed by atoms with Crippen LogP contribution in [0, 0.1) is 0 Å². The van der Waals surface area contributed by atoms with Crippen LogP contribution in [-0.4, -0.2) is 22.6 Å². The van der Waals surface area contributed by atoms with Gasteiger partial charge in [0.1, 0.15) is 11.6 Å². The fourth-order valence-electron chi connectivity index (χ4n) is 1.25. The molecule has 0 spiro atoms. The maximum Gasteiger partial charge on any atom is 0.323 e. The molecule has 0 aliphatic carbocycles. The fraction of sp³-hybridized carbons (Fsp3) is 0.583. The van der Waals surface area contributed by atoms with E-state index in [4.69, 9.17) is 4.74 Å². The molecule has 0 saturated heterocycles. The molecule has 0 bridgehead atoms. The highest BCUT2D eigenvalue weighted by molar-refractivity contribution is 9.10. The number of rotatable bonds is 4. The zero-order valence-corrected chi connectivity index (χ0v) is 12.2. The lowest BCUT2D eigenvalue weighted by Crippen LogP contribution is -2.38. The molecule has 96 valence electrons. The number of aromatic amines is 1. The first-order valence-corrected chi connectivity index (χ1v) is 6.36. The van der Waals surface area contributed by atoms with Crippen molar-refractivity contribution in [2.75, 3.05) is 0 Å². The predicted molar refractivity (Wildman–Crippen MR) is 70.6 cm³/mol. The molecule has 2 N–H and O–H groups in total. The first-order chi connectivity index (χ1) is 7.78. The summed E-state index contributed by atoms with van der Waals surface area (Å²) in [5.41, 5.74) is 0.579. The van der Waals surface area contributed by atoms with E-state index >= 15 is 0 Å². The van der Waals surface area contributed by atoms with Gasteiger partial charge in [0, 0.05) is 22.9 Å². The van der Waals surface area contributed by atoms with Crippen molar-refractivity contribution in [3.05, 3.63) is 22.4 Å². The molecule has 0 aliphatic heterocycles. The summed E-state index contributed by atoms with van der Waals surface area (Å²) in [4.78, 5) is 14.8. The Labute approximate surface area is 110 Å². The molecular formula is C12H19BrN2O2. The van der Waals surface area contributed by atoms with Crippen molar-refractivity contribution in [2.45, 2.75) is 45.9 Å². The van der Waals surface area contributed by atoms with E-state index < -0.39 is 5.60 Å². The van der Waals surface area contributed by atoms with Gasteiger partial charge in [-0.2, -0.15) is 0 Å². The van der Waals surface area contributed by atoms with Gasteiger partial charge in [0.25, 0.3) is 0 Å². The minimum Gasteiger partial charge on any atom is -0.459 e. The van der Waals surface area contributed by atoms with Crippen molar-refractivity contribution in [1.82, 2.24) is 10.3 Å². The topological polar surface area (TPSA) is 54.1 Å². The molecule has 0 unspecified atom stereocenters. The quantitative estimate of drug-likeness (QED) is 0.841. The third kappa shape index (κ3) is 5.37. The number of H-pyrrole nitrogens is 1. The van der Waals surface area contributed by atoms with E-state index in [2.05, 4.69) is 26.2 Å². The first kappa shape index (κ1) is 14.3. The number of ether oxygens (including phenoxy) is 1. The van der Waals surface area contributed by atoms with Crippen LogP contribution in [-0.2, 0) is 16.1 Å². The molecule has 1 rings (SSSR count). The van der Waals surface area contributed by atoms with E-state index in [1.54, 1.807) is 6.92 Å². The standard InChI is InChI=1S/C12H19BrN2O2/c1-8(11(16)17-12(2,3)4)14-7-10-5-9(13)6-15-10/h5-6,8,14-15H,7H2,1-4H3/t8-/m1/s1. The fourth-order valence-corrected chi connectivity index (χ4v) is 1.64. The van der Waals surface area contributed by atoms with Gasteiger partial charge in [-0.1, -0.05) is 0 Å². The number of hydrogen-bond acceptors (Lipinski definition) is 3. The van der Waals surface area contributed by atoms with Crippen molar-refractivity contribution in [2.24, 2.45) is 0 Å². The van der Waals surface area contributed by atoms with Gasteiger partial charge in [-0.3, -0.25) is 10.1 Å². The highest BCUT2D eigenvalue weighted by Gasteiger charge is 2.21. The number of hydrogen-bond donors (Lipinski definition) is 2. The lowest BCUT2D eigenvalue weighted by Gasteiger charge is -2.22. The van der Waals surface area contributed by atoms with E-state index in [9.17, 15) is 4.79 Å². The van der Waals surface area contributed by atoms with Gasteiger partial charge in [-0.05, 0) is 49.7 Å².